The fourth-order valence-corrected chi connectivity index (χ4v) is 2.77. The number of likely N-dealkylation sites (tertiary alicyclic amines) is 1. The van der Waals surface area contributed by atoms with Gasteiger partial charge in [0.05, 0.1) is 11.7 Å². The normalized spacial score (nSPS) is 15.4. The van der Waals surface area contributed by atoms with Crippen LogP contribution in [0.1, 0.15) is 30.1 Å². The van der Waals surface area contributed by atoms with Gasteiger partial charge in [-0.15, -0.1) is 0 Å². The molecule has 1 aromatic carbocycles. The average molecular weight is 328 g/mol. The van der Waals surface area contributed by atoms with Gasteiger partial charge < -0.3 is 14.7 Å². The highest BCUT2D eigenvalue weighted by atomic mass is 16.5. The first-order valence-corrected chi connectivity index (χ1v) is 7.95. The monoisotopic (exact) mass is 328 g/mol. The average Bonchev–Trinajstić information content (AvgIpc) is 3.16. The molecule has 1 aromatic heterocycles. The molecule has 0 unspecified atom stereocenters. The van der Waals surface area contributed by atoms with Gasteiger partial charge in [-0.25, -0.2) is 4.79 Å². The molecule has 0 bridgehead atoms. The van der Waals surface area contributed by atoms with Gasteiger partial charge in [0.25, 0.3) is 0 Å². The maximum Gasteiger partial charge on any atom is 0.322 e. The van der Waals surface area contributed by atoms with E-state index in [4.69, 9.17) is 4.52 Å². The lowest BCUT2D eigenvalue weighted by molar-refractivity contribution is -0.128. The minimum atomic E-state index is -0.397. The Kier molecular flexibility index (Phi) is 4.79. The summed E-state index contributed by atoms with van der Waals surface area (Å²) in [6, 6.07) is 10.6. The van der Waals surface area contributed by atoms with Crippen molar-refractivity contribution < 1.29 is 14.1 Å². The third-order valence-electron chi connectivity index (χ3n) is 3.95. The first-order valence-electron chi connectivity index (χ1n) is 7.95. The minimum Gasteiger partial charge on any atom is -0.340 e. The molecule has 2 aromatic rings. The van der Waals surface area contributed by atoms with Crippen LogP contribution in [0.15, 0.2) is 40.9 Å². The minimum absolute atomic E-state index is 0.129. The van der Waals surface area contributed by atoms with Gasteiger partial charge in [0, 0.05) is 25.6 Å². The number of benzene rings is 1. The number of nitrogens with zero attached hydrogens (tertiary/aromatic N) is 2. The fraction of sp³-hybridized carbons (Fsp3) is 0.353. The van der Waals surface area contributed by atoms with Crippen LogP contribution in [-0.4, -0.2) is 35.1 Å². The van der Waals surface area contributed by atoms with Gasteiger partial charge in [-0.1, -0.05) is 35.5 Å². The van der Waals surface area contributed by atoms with Crippen molar-refractivity contribution in [1.29, 1.82) is 0 Å². The first-order chi connectivity index (χ1) is 11.6. The number of aryl methyl sites for hydroxylation is 1. The predicted molar refractivity (Wildman–Crippen MR) is 88.4 cm³/mol. The molecule has 7 nitrogen and oxygen atoms in total. The lowest BCUT2D eigenvalue weighted by Gasteiger charge is -2.25. The van der Waals surface area contributed by atoms with Gasteiger partial charge in [-0.3, -0.25) is 10.1 Å². The summed E-state index contributed by atoms with van der Waals surface area (Å²) in [4.78, 5) is 25.9. The summed E-state index contributed by atoms with van der Waals surface area (Å²) >= 11 is 0. The Balaban J connectivity index is 1.69. The third kappa shape index (κ3) is 3.92. The Hall–Kier alpha value is -2.83. The van der Waals surface area contributed by atoms with Gasteiger partial charge in [0.15, 0.2) is 0 Å². The van der Waals surface area contributed by atoms with Crippen LogP contribution >= 0.6 is 0 Å². The molecular weight excluding hydrogens is 308 g/mol. The molecule has 7 heteroatoms. The molecule has 126 valence electrons. The Labute approximate surface area is 140 Å². The van der Waals surface area contributed by atoms with Crippen molar-refractivity contribution in [2.24, 2.45) is 0 Å². The number of aromatic nitrogens is 1. The molecule has 2 N–H and O–H groups in total. The predicted octanol–water partition coefficient (Wildman–Crippen LogP) is 2.47. The second-order valence-corrected chi connectivity index (χ2v) is 5.84. The van der Waals surface area contributed by atoms with Crippen molar-refractivity contribution in [3.05, 3.63) is 47.7 Å². The molecule has 1 saturated heterocycles. The Morgan fingerprint density at radius 2 is 2.17 bits per heavy atom. The van der Waals surface area contributed by atoms with Crippen molar-refractivity contribution in [2.45, 2.75) is 25.8 Å². The second kappa shape index (κ2) is 7.16. The summed E-state index contributed by atoms with van der Waals surface area (Å²) in [5, 5.41) is 9.25. The fourth-order valence-electron chi connectivity index (χ4n) is 2.77. The smallest absolute Gasteiger partial charge is 0.322 e. The van der Waals surface area contributed by atoms with E-state index < -0.39 is 6.03 Å². The zero-order valence-electron chi connectivity index (χ0n) is 13.5. The maximum atomic E-state index is 12.2. The van der Waals surface area contributed by atoms with Crippen LogP contribution in [-0.2, 0) is 4.79 Å². The van der Waals surface area contributed by atoms with Crippen molar-refractivity contribution in [1.82, 2.24) is 15.4 Å². The molecular formula is C17H20N4O3. The van der Waals surface area contributed by atoms with E-state index in [1.54, 1.807) is 17.9 Å². The Morgan fingerprint density at radius 1 is 1.38 bits per heavy atom. The number of hydrogen-bond donors (Lipinski definition) is 2. The van der Waals surface area contributed by atoms with E-state index in [-0.39, 0.29) is 17.8 Å². The molecule has 24 heavy (non-hydrogen) atoms. The molecule has 0 saturated carbocycles. The van der Waals surface area contributed by atoms with Crippen LogP contribution < -0.4 is 10.6 Å². The maximum absolute atomic E-state index is 12.2. The largest absolute Gasteiger partial charge is 0.340 e. The van der Waals surface area contributed by atoms with Crippen LogP contribution in [0.3, 0.4) is 0 Å². The van der Waals surface area contributed by atoms with E-state index in [2.05, 4.69) is 15.8 Å². The van der Waals surface area contributed by atoms with Gasteiger partial charge in [-0.05, 0) is 18.9 Å². The number of urea groups is 1. The number of hydrogen-bond acceptors (Lipinski definition) is 4. The van der Waals surface area contributed by atoms with E-state index >= 15 is 0 Å². The molecule has 1 aliphatic rings. The number of carbonyl (C=O) groups is 2. The van der Waals surface area contributed by atoms with Crippen molar-refractivity contribution in [2.75, 3.05) is 18.4 Å². The SMILES string of the molecule is Cc1cc(NC(=O)N[C@H](CN2CCCC2=O)c2ccccc2)on1. The highest BCUT2D eigenvalue weighted by Gasteiger charge is 2.25. The van der Waals surface area contributed by atoms with Crippen LogP contribution in [0.5, 0.6) is 0 Å². The quantitative estimate of drug-likeness (QED) is 0.882. The van der Waals surface area contributed by atoms with Crippen molar-refractivity contribution in [3.63, 3.8) is 0 Å². The lowest BCUT2D eigenvalue weighted by atomic mass is 10.1. The highest BCUT2D eigenvalue weighted by molar-refractivity contribution is 5.88. The summed E-state index contributed by atoms with van der Waals surface area (Å²) < 4.78 is 4.99. The Bertz CT molecular complexity index is 714. The lowest BCUT2D eigenvalue weighted by Crippen LogP contribution is -2.40. The van der Waals surface area contributed by atoms with Crippen LogP contribution in [0.25, 0.3) is 0 Å². The summed E-state index contributed by atoms with van der Waals surface area (Å²) in [6.45, 7) is 2.96. The summed E-state index contributed by atoms with van der Waals surface area (Å²) in [7, 11) is 0. The van der Waals surface area contributed by atoms with E-state index in [0.717, 1.165) is 18.5 Å². The van der Waals surface area contributed by atoms with E-state index in [1.807, 2.05) is 30.3 Å². The van der Waals surface area contributed by atoms with Crippen molar-refractivity contribution >= 4 is 17.8 Å². The third-order valence-corrected chi connectivity index (χ3v) is 3.95. The Morgan fingerprint density at radius 3 is 2.79 bits per heavy atom. The van der Waals surface area contributed by atoms with E-state index in [9.17, 15) is 9.59 Å². The molecule has 2 heterocycles. The van der Waals surface area contributed by atoms with Crippen molar-refractivity contribution in [3.8, 4) is 0 Å². The highest BCUT2D eigenvalue weighted by Crippen LogP contribution is 2.19. The standard InChI is InChI=1S/C17H20N4O3/c1-12-10-15(24-20-12)19-17(23)18-14(13-6-3-2-4-7-13)11-21-9-5-8-16(21)22/h2-4,6-7,10,14H,5,8-9,11H2,1H3,(H2,18,19,23)/t14-/m1/s1. The summed E-state index contributed by atoms with van der Waals surface area (Å²) in [5.41, 5.74) is 1.63. The summed E-state index contributed by atoms with van der Waals surface area (Å²) in [6.07, 6.45) is 1.44. The molecule has 1 atom stereocenters. The molecule has 3 amide bonds. The van der Waals surface area contributed by atoms with Crippen LogP contribution in [0.2, 0.25) is 0 Å². The number of carbonyl (C=O) groups excluding carboxylic acids is 2. The first kappa shape index (κ1) is 16.0. The van der Waals surface area contributed by atoms with Gasteiger partial charge in [0.2, 0.25) is 11.8 Å². The molecule has 1 aliphatic heterocycles. The number of anilines is 1. The molecule has 0 aliphatic carbocycles. The van der Waals surface area contributed by atoms with Crippen LogP contribution in [0.4, 0.5) is 10.7 Å². The number of nitrogens with one attached hydrogen (secondary N) is 2. The topological polar surface area (TPSA) is 87.5 Å². The van der Waals surface area contributed by atoms with E-state index in [0.29, 0.717) is 18.7 Å². The van der Waals surface area contributed by atoms with Crippen LogP contribution in [0, 0.1) is 6.92 Å². The van der Waals surface area contributed by atoms with Gasteiger partial charge >= 0.3 is 6.03 Å². The molecule has 0 spiro atoms. The van der Waals surface area contributed by atoms with E-state index in [1.165, 1.54) is 0 Å². The molecule has 0 radical (unpaired) electrons. The number of rotatable bonds is 5. The molecule has 3 rings (SSSR count). The number of amides is 3. The second-order valence-electron chi connectivity index (χ2n) is 5.84. The van der Waals surface area contributed by atoms with Gasteiger partial charge in [0.1, 0.15) is 0 Å². The summed E-state index contributed by atoms with van der Waals surface area (Å²) in [5.74, 6) is 0.415. The van der Waals surface area contributed by atoms with Gasteiger partial charge in [-0.2, -0.15) is 0 Å². The zero-order chi connectivity index (χ0) is 16.9. The zero-order valence-corrected chi connectivity index (χ0v) is 13.5. The molecule has 1 fully saturated rings.